The van der Waals surface area contributed by atoms with E-state index in [-0.39, 0.29) is 5.92 Å². The largest absolute Gasteiger partial charge is 0.342 e. The summed E-state index contributed by atoms with van der Waals surface area (Å²) in [5.41, 5.74) is 1.30. The number of aromatic nitrogens is 2. The number of carbonyl (C=O) groups excluding carboxylic acids is 1. The van der Waals surface area contributed by atoms with E-state index in [4.69, 9.17) is 4.52 Å². The standard InChI is InChI=1S/C20H25N3O2/c1-2-6-18-21-19(25-22-18)15-9-11-23(12-10-15)20(24)17-13-16(17)14-7-4-3-5-8-14/h3-5,7-8,15-17H,2,6,9-13H2,1H3. The van der Waals surface area contributed by atoms with Crippen molar-refractivity contribution in [1.82, 2.24) is 15.0 Å². The number of hydrogen-bond acceptors (Lipinski definition) is 4. The highest BCUT2D eigenvalue weighted by Gasteiger charge is 2.46. The first-order chi connectivity index (χ1) is 12.3. The molecule has 2 heterocycles. The molecule has 1 aromatic heterocycles. The number of likely N-dealkylation sites (tertiary alicyclic amines) is 1. The maximum Gasteiger partial charge on any atom is 0.229 e. The van der Waals surface area contributed by atoms with Crippen LogP contribution in [0.2, 0.25) is 0 Å². The summed E-state index contributed by atoms with van der Waals surface area (Å²) in [5.74, 6) is 2.78. The van der Waals surface area contributed by atoms with Crippen molar-refractivity contribution in [3.8, 4) is 0 Å². The smallest absolute Gasteiger partial charge is 0.229 e. The lowest BCUT2D eigenvalue weighted by Crippen LogP contribution is -2.39. The van der Waals surface area contributed by atoms with E-state index in [1.54, 1.807) is 0 Å². The van der Waals surface area contributed by atoms with Crippen LogP contribution < -0.4 is 0 Å². The predicted molar refractivity (Wildman–Crippen MR) is 94.1 cm³/mol. The molecule has 2 unspecified atom stereocenters. The van der Waals surface area contributed by atoms with Gasteiger partial charge >= 0.3 is 0 Å². The summed E-state index contributed by atoms with van der Waals surface area (Å²) < 4.78 is 5.42. The molecule has 2 aromatic rings. The zero-order chi connectivity index (χ0) is 17.2. The Bertz CT molecular complexity index is 720. The van der Waals surface area contributed by atoms with Crippen LogP contribution >= 0.6 is 0 Å². The summed E-state index contributed by atoms with van der Waals surface area (Å²) in [5, 5.41) is 4.05. The third-order valence-electron chi connectivity index (χ3n) is 5.45. The van der Waals surface area contributed by atoms with Crippen LogP contribution in [0.5, 0.6) is 0 Å². The molecule has 4 rings (SSSR count). The van der Waals surface area contributed by atoms with Crippen LogP contribution in [0.15, 0.2) is 34.9 Å². The summed E-state index contributed by atoms with van der Waals surface area (Å²) >= 11 is 0. The lowest BCUT2D eigenvalue weighted by atomic mass is 9.96. The van der Waals surface area contributed by atoms with Gasteiger partial charge in [0.05, 0.1) is 0 Å². The molecule has 1 aliphatic carbocycles. The van der Waals surface area contributed by atoms with Gasteiger partial charge in [-0.15, -0.1) is 0 Å². The van der Waals surface area contributed by atoms with Gasteiger partial charge < -0.3 is 9.42 Å². The second-order valence-corrected chi connectivity index (χ2v) is 7.26. The molecular formula is C20H25N3O2. The molecule has 1 saturated carbocycles. The van der Waals surface area contributed by atoms with Crippen molar-refractivity contribution in [3.05, 3.63) is 47.6 Å². The van der Waals surface area contributed by atoms with E-state index in [1.807, 2.05) is 11.0 Å². The first-order valence-corrected chi connectivity index (χ1v) is 9.42. The Kier molecular flexibility index (Phi) is 4.55. The zero-order valence-electron chi connectivity index (χ0n) is 14.7. The van der Waals surface area contributed by atoms with E-state index < -0.39 is 0 Å². The molecule has 5 heteroatoms. The van der Waals surface area contributed by atoms with Gasteiger partial charge in [-0.2, -0.15) is 4.98 Å². The normalized spacial score (nSPS) is 23.6. The second kappa shape index (κ2) is 6.98. The second-order valence-electron chi connectivity index (χ2n) is 7.26. The van der Waals surface area contributed by atoms with Gasteiger partial charge in [0.25, 0.3) is 0 Å². The molecule has 1 aliphatic heterocycles. The minimum atomic E-state index is 0.179. The number of amides is 1. The Morgan fingerprint density at radius 3 is 2.72 bits per heavy atom. The van der Waals surface area contributed by atoms with Crippen molar-refractivity contribution in [2.24, 2.45) is 5.92 Å². The highest BCUT2D eigenvalue weighted by Crippen LogP contribution is 2.48. The quantitative estimate of drug-likeness (QED) is 0.836. The summed E-state index contributed by atoms with van der Waals surface area (Å²) in [6, 6.07) is 10.4. The monoisotopic (exact) mass is 339 g/mol. The summed E-state index contributed by atoms with van der Waals surface area (Å²) in [7, 11) is 0. The van der Waals surface area contributed by atoms with Crippen LogP contribution in [0.25, 0.3) is 0 Å². The van der Waals surface area contributed by atoms with Crippen LogP contribution in [0.1, 0.15) is 61.7 Å². The van der Waals surface area contributed by atoms with Gasteiger partial charge in [0, 0.05) is 31.3 Å². The Labute approximate surface area is 148 Å². The van der Waals surface area contributed by atoms with Gasteiger partial charge in [-0.1, -0.05) is 42.4 Å². The number of benzene rings is 1. The molecule has 0 radical (unpaired) electrons. The molecule has 0 bridgehead atoms. The Hall–Kier alpha value is -2.17. The minimum absolute atomic E-state index is 0.179. The van der Waals surface area contributed by atoms with Crippen molar-refractivity contribution in [1.29, 1.82) is 0 Å². The molecular weight excluding hydrogens is 314 g/mol. The van der Waals surface area contributed by atoms with E-state index in [2.05, 4.69) is 41.3 Å². The molecule has 1 amide bonds. The summed E-state index contributed by atoms with van der Waals surface area (Å²) in [6.07, 6.45) is 4.72. The van der Waals surface area contributed by atoms with E-state index in [1.165, 1.54) is 5.56 Å². The highest BCUT2D eigenvalue weighted by atomic mass is 16.5. The van der Waals surface area contributed by atoms with Gasteiger partial charge in [-0.3, -0.25) is 4.79 Å². The fourth-order valence-electron chi connectivity index (χ4n) is 3.88. The fraction of sp³-hybridized carbons (Fsp3) is 0.550. The molecule has 2 atom stereocenters. The molecule has 132 valence electrons. The van der Waals surface area contributed by atoms with E-state index in [0.29, 0.717) is 17.7 Å². The molecule has 2 fully saturated rings. The Balaban J connectivity index is 1.31. The Morgan fingerprint density at radius 2 is 2.00 bits per heavy atom. The van der Waals surface area contributed by atoms with Gasteiger partial charge in [0.15, 0.2) is 5.82 Å². The third-order valence-corrected chi connectivity index (χ3v) is 5.45. The zero-order valence-corrected chi connectivity index (χ0v) is 14.7. The lowest BCUT2D eigenvalue weighted by molar-refractivity contribution is -0.133. The number of aryl methyl sites for hydroxylation is 1. The van der Waals surface area contributed by atoms with Crippen molar-refractivity contribution in [3.63, 3.8) is 0 Å². The SMILES string of the molecule is CCCc1noc(C2CCN(C(=O)C3CC3c3ccccc3)CC2)n1. The third kappa shape index (κ3) is 3.46. The molecule has 0 N–H and O–H groups in total. The summed E-state index contributed by atoms with van der Waals surface area (Å²) in [4.78, 5) is 19.3. The van der Waals surface area contributed by atoms with Gasteiger partial charge in [-0.25, -0.2) is 0 Å². The van der Waals surface area contributed by atoms with Gasteiger partial charge in [-0.05, 0) is 37.2 Å². The highest BCUT2D eigenvalue weighted by molar-refractivity contribution is 5.83. The first kappa shape index (κ1) is 16.3. The number of rotatable bonds is 5. The molecule has 2 aliphatic rings. The summed E-state index contributed by atoms with van der Waals surface area (Å²) in [6.45, 7) is 3.71. The molecule has 1 saturated heterocycles. The average Bonchev–Trinajstić information content (AvgIpc) is 3.33. The molecule has 0 spiro atoms. The van der Waals surface area contributed by atoms with Gasteiger partial charge in [0.2, 0.25) is 11.8 Å². The van der Waals surface area contributed by atoms with Crippen LogP contribution in [-0.2, 0) is 11.2 Å². The van der Waals surface area contributed by atoms with Crippen LogP contribution in [-0.4, -0.2) is 34.0 Å². The first-order valence-electron chi connectivity index (χ1n) is 9.42. The van der Waals surface area contributed by atoms with Crippen LogP contribution in [0, 0.1) is 5.92 Å². The van der Waals surface area contributed by atoms with Crippen molar-refractivity contribution < 1.29 is 9.32 Å². The number of carbonyl (C=O) groups is 1. The van der Waals surface area contributed by atoms with Crippen molar-refractivity contribution in [2.45, 2.75) is 50.9 Å². The van der Waals surface area contributed by atoms with Crippen LogP contribution in [0.3, 0.4) is 0 Å². The topological polar surface area (TPSA) is 59.2 Å². The average molecular weight is 339 g/mol. The Morgan fingerprint density at radius 1 is 1.24 bits per heavy atom. The maximum atomic E-state index is 12.8. The number of hydrogen-bond donors (Lipinski definition) is 0. The molecule has 5 nitrogen and oxygen atoms in total. The van der Waals surface area contributed by atoms with E-state index in [0.717, 1.165) is 56.9 Å². The minimum Gasteiger partial charge on any atom is -0.342 e. The van der Waals surface area contributed by atoms with Crippen molar-refractivity contribution in [2.75, 3.05) is 13.1 Å². The fourth-order valence-corrected chi connectivity index (χ4v) is 3.88. The number of nitrogens with zero attached hydrogens (tertiary/aromatic N) is 3. The van der Waals surface area contributed by atoms with E-state index in [9.17, 15) is 4.79 Å². The van der Waals surface area contributed by atoms with Crippen molar-refractivity contribution >= 4 is 5.91 Å². The number of piperidine rings is 1. The molecule has 25 heavy (non-hydrogen) atoms. The van der Waals surface area contributed by atoms with Gasteiger partial charge in [0.1, 0.15) is 0 Å². The lowest BCUT2D eigenvalue weighted by Gasteiger charge is -2.30. The maximum absolute atomic E-state index is 12.8. The van der Waals surface area contributed by atoms with E-state index >= 15 is 0 Å². The predicted octanol–water partition coefficient (Wildman–Crippen LogP) is 3.53. The van der Waals surface area contributed by atoms with Crippen LogP contribution in [0.4, 0.5) is 0 Å². The molecule has 1 aromatic carbocycles.